The fourth-order valence-corrected chi connectivity index (χ4v) is 0.847. The Morgan fingerprint density at radius 2 is 2.17 bits per heavy atom. The second-order valence-electron chi connectivity index (χ2n) is 3.55. The zero-order chi connectivity index (χ0) is 9.19. The normalized spacial score (nSPS) is 12.0. The molecule has 1 heterocycles. The topological polar surface area (TPSA) is 67.6 Å². The van der Waals surface area contributed by atoms with Crippen molar-refractivity contribution in [1.82, 2.24) is 15.2 Å². The Morgan fingerprint density at radius 3 is 2.58 bits per heavy atom. The molecule has 0 amide bonds. The highest BCUT2D eigenvalue weighted by molar-refractivity contribution is 5.04. The summed E-state index contributed by atoms with van der Waals surface area (Å²) < 4.78 is 0. The van der Waals surface area contributed by atoms with Crippen LogP contribution in [-0.4, -0.2) is 21.7 Å². The minimum absolute atomic E-state index is 0.121. The van der Waals surface area contributed by atoms with Gasteiger partial charge >= 0.3 is 0 Å². The molecule has 1 aromatic heterocycles. The lowest BCUT2D eigenvalue weighted by Gasteiger charge is -2.17. The van der Waals surface area contributed by atoms with Gasteiger partial charge in [0.05, 0.1) is 0 Å². The first-order valence-corrected chi connectivity index (χ1v) is 4.22. The van der Waals surface area contributed by atoms with Gasteiger partial charge in [0.15, 0.2) is 5.82 Å². The van der Waals surface area contributed by atoms with Crippen molar-refractivity contribution in [3.63, 3.8) is 0 Å². The Bertz CT molecular complexity index is 251. The Balaban J connectivity index is 2.88. The molecule has 12 heavy (non-hydrogen) atoms. The molecule has 68 valence electrons. The molecule has 0 aliphatic carbocycles. The molecular formula is C8H16N4. The molecule has 0 aliphatic rings. The third-order valence-electron chi connectivity index (χ3n) is 1.98. The van der Waals surface area contributed by atoms with E-state index in [4.69, 9.17) is 5.73 Å². The van der Waals surface area contributed by atoms with Crippen LogP contribution in [0.1, 0.15) is 32.4 Å². The first kappa shape index (κ1) is 9.19. The third-order valence-corrected chi connectivity index (χ3v) is 1.98. The van der Waals surface area contributed by atoms with Gasteiger partial charge in [0.1, 0.15) is 5.82 Å². The summed E-state index contributed by atoms with van der Waals surface area (Å²) in [5.41, 5.74) is 5.47. The number of hydrogen-bond donors (Lipinski definition) is 2. The molecule has 0 aromatic carbocycles. The van der Waals surface area contributed by atoms with Gasteiger partial charge < -0.3 is 5.73 Å². The van der Waals surface area contributed by atoms with Crippen LogP contribution in [0.2, 0.25) is 0 Å². The summed E-state index contributed by atoms with van der Waals surface area (Å²) in [7, 11) is 0. The zero-order valence-electron chi connectivity index (χ0n) is 7.89. The number of aromatic amines is 1. The molecule has 1 rings (SSSR count). The molecule has 0 bridgehead atoms. The zero-order valence-corrected chi connectivity index (χ0v) is 7.89. The molecule has 4 heteroatoms. The second-order valence-corrected chi connectivity index (χ2v) is 3.55. The molecule has 0 fully saturated rings. The maximum atomic E-state index is 5.60. The van der Waals surface area contributed by atoms with Gasteiger partial charge in [-0.3, -0.25) is 5.10 Å². The fraction of sp³-hybridized carbons (Fsp3) is 0.750. The van der Waals surface area contributed by atoms with Gasteiger partial charge in [-0.15, -0.1) is 0 Å². The molecule has 0 saturated carbocycles. The highest BCUT2D eigenvalue weighted by atomic mass is 15.2. The third kappa shape index (κ3) is 1.64. The second kappa shape index (κ2) is 3.23. The van der Waals surface area contributed by atoms with Gasteiger partial charge in [-0.2, -0.15) is 5.10 Å². The predicted octanol–water partition coefficient (Wildman–Crippen LogP) is 0.603. The maximum absolute atomic E-state index is 5.60. The van der Waals surface area contributed by atoms with E-state index in [1.54, 1.807) is 0 Å². The Morgan fingerprint density at radius 1 is 1.50 bits per heavy atom. The number of aryl methyl sites for hydroxylation is 1. The summed E-state index contributed by atoms with van der Waals surface area (Å²) >= 11 is 0. The molecule has 0 spiro atoms. The molecule has 3 N–H and O–H groups in total. The quantitative estimate of drug-likeness (QED) is 0.694. The fourth-order valence-electron chi connectivity index (χ4n) is 0.847. The van der Waals surface area contributed by atoms with E-state index in [2.05, 4.69) is 15.2 Å². The van der Waals surface area contributed by atoms with Crippen LogP contribution in [0.5, 0.6) is 0 Å². The molecule has 4 nitrogen and oxygen atoms in total. The van der Waals surface area contributed by atoms with E-state index in [9.17, 15) is 0 Å². The van der Waals surface area contributed by atoms with E-state index in [-0.39, 0.29) is 5.41 Å². The monoisotopic (exact) mass is 168 g/mol. The first-order valence-electron chi connectivity index (χ1n) is 4.22. The molecule has 0 unspecified atom stereocenters. The lowest BCUT2D eigenvalue weighted by atomic mass is 9.93. The number of nitrogens with two attached hydrogens (primary N) is 1. The van der Waals surface area contributed by atoms with Crippen LogP contribution in [0.15, 0.2) is 0 Å². The number of H-pyrrole nitrogens is 1. The largest absolute Gasteiger partial charge is 0.329 e. The van der Waals surface area contributed by atoms with Crippen molar-refractivity contribution in [2.45, 2.75) is 32.6 Å². The summed E-state index contributed by atoms with van der Waals surface area (Å²) in [5.74, 6) is 1.73. The van der Waals surface area contributed by atoms with Gasteiger partial charge in [0, 0.05) is 18.4 Å². The van der Waals surface area contributed by atoms with E-state index in [1.807, 2.05) is 20.8 Å². The van der Waals surface area contributed by atoms with Crippen molar-refractivity contribution in [2.75, 3.05) is 6.54 Å². The van der Waals surface area contributed by atoms with Gasteiger partial charge in [-0.05, 0) is 0 Å². The number of rotatable bonds is 3. The Kier molecular flexibility index (Phi) is 2.47. The average Bonchev–Trinajstić information content (AvgIpc) is 2.52. The van der Waals surface area contributed by atoms with Gasteiger partial charge in [-0.25, -0.2) is 4.98 Å². The number of aromatic nitrogens is 3. The minimum Gasteiger partial charge on any atom is -0.329 e. The number of nitrogens with zero attached hydrogens (tertiary/aromatic N) is 2. The summed E-state index contributed by atoms with van der Waals surface area (Å²) in [4.78, 5) is 4.32. The van der Waals surface area contributed by atoms with Gasteiger partial charge in [0.2, 0.25) is 0 Å². The smallest absolute Gasteiger partial charge is 0.157 e. The van der Waals surface area contributed by atoms with E-state index >= 15 is 0 Å². The molecule has 0 saturated heterocycles. The van der Waals surface area contributed by atoms with Crippen LogP contribution < -0.4 is 5.73 Å². The minimum atomic E-state index is -0.121. The van der Waals surface area contributed by atoms with Crippen LogP contribution in [0.3, 0.4) is 0 Å². The number of nitrogens with one attached hydrogen (secondary N) is 1. The van der Waals surface area contributed by atoms with Gasteiger partial charge in [0.25, 0.3) is 0 Å². The van der Waals surface area contributed by atoms with Crippen LogP contribution >= 0.6 is 0 Å². The predicted molar refractivity (Wildman–Crippen MR) is 47.8 cm³/mol. The van der Waals surface area contributed by atoms with Crippen molar-refractivity contribution in [1.29, 1.82) is 0 Å². The van der Waals surface area contributed by atoms with Gasteiger partial charge in [-0.1, -0.05) is 20.8 Å². The first-order chi connectivity index (χ1) is 5.60. The Labute approximate surface area is 72.6 Å². The molecule has 0 aliphatic heterocycles. The van der Waals surface area contributed by atoms with E-state index in [1.165, 1.54) is 0 Å². The number of hydrogen-bond acceptors (Lipinski definition) is 3. The van der Waals surface area contributed by atoms with E-state index < -0.39 is 0 Å². The SMILES string of the molecule is CCc1nc(C(C)(C)CN)n[nH]1. The highest BCUT2D eigenvalue weighted by Gasteiger charge is 2.23. The molecule has 0 atom stereocenters. The highest BCUT2D eigenvalue weighted by Crippen LogP contribution is 2.16. The van der Waals surface area contributed by atoms with Crippen molar-refractivity contribution < 1.29 is 0 Å². The van der Waals surface area contributed by atoms with Crippen molar-refractivity contribution in [3.05, 3.63) is 11.6 Å². The summed E-state index contributed by atoms with van der Waals surface area (Å²) in [6, 6.07) is 0. The van der Waals surface area contributed by atoms with Crippen LogP contribution in [0, 0.1) is 0 Å². The van der Waals surface area contributed by atoms with Crippen LogP contribution in [-0.2, 0) is 11.8 Å². The van der Waals surface area contributed by atoms with Crippen LogP contribution in [0.4, 0.5) is 0 Å². The standard InChI is InChI=1S/C8H16N4/c1-4-6-10-7(12-11-6)8(2,3)5-9/h4-5,9H2,1-3H3,(H,10,11,12). The summed E-state index contributed by atoms with van der Waals surface area (Å²) in [6.45, 7) is 6.68. The van der Waals surface area contributed by atoms with Crippen molar-refractivity contribution in [3.8, 4) is 0 Å². The summed E-state index contributed by atoms with van der Waals surface area (Å²) in [5, 5.41) is 6.99. The molecular weight excluding hydrogens is 152 g/mol. The van der Waals surface area contributed by atoms with E-state index in [0.717, 1.165) is 18.1 Å². The lowest BCUT2D eigenvalue weighted by molar-refractivity contribution is 0.504. The summed E-state index contributed by atoms with van der Waals surface area (Å²) in [6.07, 6.45) is 0.883. The van der Waals surface area contributed by atoms with E-state index in [0.29, 0.717) is 6.54 Å². The molecule has 1 aromatic rings. The van der Waals surface area contributed by atoms with Crippen molar-refractivity contribution in [2.24, 2.45) is 5.73 Å². The average molecular weight is 168 g/mol. The maximum Gasteiger partial charge on any atom is 0.157 e. The Hall–Kier alpha value is -0.900. The molecule has 0 radical (unpaired) electrons. The van der Waals surface area contributed by atoms with Crippen molar-refractivity contribution >= 4 is 0 Å². The van der Waals surface area contributed by atoms with Crippen LogP contribution in [0.25, 0.3) is 0 Å². The lowest BCUT2D eigenvalue weighted by Crippen LogP contribution is -2.29.